The van der Waals surface area contributed by atoms with Crippen LogP contribution in [0.5, 0.6) is 0 Å². The maximum absolute atomic E-state index is 6.25. The van der Waals surface area contributed by atoms with Gasteiger partial charge < -0.3 is 10.6 Å². The van der Waals surface area contributed by atoms with E-state index in [0.717, 1.165) is 17.0 Å². The quantitative estimate of drug-likeness (QED) is 0.898. The summed E-state index contributed by atoms with van der Waals surface area (Å²) in [7, 11) is 0. The first kappa shape index (κ1) is 12.2. The fraction of sp³-hybridized carbons (Fsp3) is 0.462. The number of guanidine groups is 1. The number of hydrogen-bond acceptors (Lipinski definition) is 3. The lowest BCUT2D eigenvalue weighted by molar-refractivity contribution is 0.268. The second-order valence-electron chi connectivity index (χ2n) is 4.40. The zero-order valence-corrected chi connectivity index (χ0v) is 11.0. The Morgan fingerprint density at radius 3 is 2.88 bits per heavy atom. The van der Waals surface area contributed by atoms with E-state index in [0.29, 0.717) is 18.5 Å². The molecule has 0 radical (unpaired) electrons. The van der Waals surface area contributed by atoms with E-state index in [2.05, 4.69) is 29.8 Å². The summed E-state index contributed by atoms with van der Waals surface area (Å²) >= 11 is 6.25. The second kappa shape index (κ2) is 4.96. The fourth-order valence-corrected chi connectivity index (χ4v) is 2.49. The highest BCUT2D eigenvalue weighted by atomic mass is 35.5. The zero-order valence-electron chi connectivity index (χ0n) is 10.2. The standard InChI is InChI=1S/C13H18ClN3/c1-3-9(2)17-12(8-16-13(17)15)10-6-4-5-7-11(10)14/h4-7,9,12H,3,8H2,1-2H3,(H2,15,16). The minimum atomic E-state index is 0.179. The molecule has 1 heterocycles. The molecule has 0 aliphatic carbocycles. The number of hydrogen-bond donors (Lipinski definition) is 1. The molecule has 2 unspecified atom stereocenters. The van der Waals surface area contributed by atoms with Gasteiger partial charge in [-0.15, -0.1) is 0 Å². The summed E-state index contributed by atoms with van der Waals surface area (Å²) in [5, 5.41) is 0.788. The zero-order chi connectivity index (χ0) is 12.4. The molecule has 1 aliphatic heterocycles. The van der Waals surface area contributed by atoms with Crippen LogP contribution >= 0.6 is 11.6 Å². The van der Waals surface area contributed by atoms with E-state index >= 15 is 0 Å². The molecule has 1 aliphatic rings. The third-order valence-corrected chi connectivity index (χ3v) is 3.70. The van der Waals surface area contributed by atoms with Gasteiger partial charge in [-0.05, 0) is 25.0 Å². The molecule has 2 atom stereocenters. The van der Waals surface area contributed by atoms with E-state index in [1.54, 1.807) is 0 Å². The molecule has 17 heavy (non-hydrogen) atoms. The fourth-order valence-electron chi connectivity index (χ4n) is 2.23. The van der Waals surface area contributed by atoms with Crippen molar-refractivity contribution >= 4 is 17.6 Å². The Morgan fingerprint density at radius 2 is 2.24 bits per heavy atom. The Hall–Kier alpha value is -1.22. The highest BCUT2D eigenvalue weighted by Crippen LogP contribution is 2.32. The van der Waals surface area contributed by atoms with Crippen LogP contribution in [0.3, 0.4) is 0 Å². The summed E-state index contributed by atoms with van der Waals surface area (Å²) in [4.78, 5) is 6.52. The van der Waals surface area contributed by atoms with Crippen molar-refractivity contribution in [2.24, 2.45) is 10.7 Å². The van der Waals surface area contributed by atoms with Gasteiger partial charge in [0.15, 0.2) is 5.96 Å². The van der Waals surface area contributed by atoms with Crippen molar-refractivity contribution in [1.82, 2.24) is 4.90 Å². The summed E-state index contributed by atoms with van der Waals surface area (Å²) in [6.45, 7) is 5.01. The summed E-state index contributed by atoms with van der Waals surface area (Å²) in [5.74, 6) is 0.629. The molecule has 0 aromatic heterocycles. The topological polar surface area (TPSA) is 41.6 Å². The van der Waals surface area contributed by atoms with Crippen molar-refractivity contribution in [3.05, 3.63) is 34.9 Å². The second-order valence-corrected chi connectivity index (χ2v) is 4.81. The van der Waals surface area contributed by atoms with Crippen LogP contribution in [-0.2, 0) is 0 Å². The van der Waals surface area contributed by atoms with Crippen LogP contribution in [0.2, 0.25) is 5.02 Å². The van der Waals surface area contributed by atoms with E-state index in [-0.39, 0.29) is 6.04 Å². The summed E-state index contributed by atoms with van der Waals surface area (Å²) < 4.78 is 0. The molecule has 0 amide bonds. The first-order valence-electron chi connectivity index (χ1n) is 5.97. The largest absolute Gasteiger partial charge is 0.370 e. The number of halogens is 1. The molecule has 0 bridgehead atoms. The number of nitrogens with zero attached hydrogens (tertiary/aromatic N) is 2. The average molecular weight is 252 g/mol. The maximum Gasteiger partial charge on any atom is 0.192 e. The molecule has 0 spiro atoms. The Balaban J connectivity index is 2.31. The number of rotatable bonds is 3. The number of aliphatic imine (C=N–C) groups is 1. The van der Waals surface area contributed by atoms with Gasteiger partial charge in [0.25, 0.3) is 0 Å². The Bertz CT molecular complexity index is 430. The van der Waals surface area contributed by atoms with Crippen molar-refractivity contribution in [2.75, 3.05) is 6.54 Å². The van der Waals surface area contributed by atoms with Gasteiger partial charge in [0.2, 0.25) is 0 Å². The summed E-state index contributed by atoms with van der Waals surface area (Å²) in [6.07, 6.45) is 1.04. The average Bonchev–Trinajstić information content (AvgIpc) is 2.71. The van der Waals surface area contributed by atoms with Crippen LogP contribution in [0.4, 0.5) is 0 Å². The van der Waals surface area contributed by atoms with Crippen LogP contribution in [0.25, 0.3) is 0 Å². The molecule has 0 saturated carbocycles. The van der Waals surface area contributed by atoms with Crippen LogP contribution in [0, 0.1) is 0 Å². The number of benzene rings is 1. The van der Waals surface area contributed by atoms with Gasteiger partial charge in [-0.3, -0.25) is 4.99 Å². The third-order valence-electron chi connectivity index (χ3n) is 3.36. The van der Waals surface area contributed by atoms with Crippen molar-refractivity contribution in [3.8, 4) is 0 Å². The summed E-state index contributed by atoms with van der Waals surface area (Å²) in [6, 6.07) is 8.47. The predicted octanol–water partition coefficient (Wildman–Crippen LogP) is 2.81. The van der Waals surface area contributed by atoms with Gasteiger partial charge in [-0.2, -0.15) is 0 Å². The van der Waals surface area contributed by atoms with E-state index in [1.165, 1.54) is 0 Å². The molecule has 0 saturated heterocycles. The lowest BCUT2D eigenvalue weighted by Crippen LogP contribution is -2.42. The van der Waals surface area contributed by atoms with Crippen LogP contribution in [0.1, 0.15) is 31.9 Å². The van der Waals surface area contributed by atoms with Crippen LogP contribution in [-0.4, -0.2) is 23.4 Å². The molecule has 0 fully saturated rings. The van der Waals surface area contributed by atoms with Crippen molar-refractivity contribution in [3.63, 3.8) is 0 Å². The smallest absolute Gasteiger partial charge is 0.192 e. The van der Waals surface area contributed by atoms with E-state index in [1.807, 2.05) is 18.2 Å². The Morgan fingerprint density at radius 1 is 1.53 bits per heavy atom. The van der Waals surface area contributed by atoms with Crippen LogP contribution < -0.4 is 5.73 Å². The van der Waals surface area contributed by atoms with Gasteiger partial charge in [0.05, 0.1) is 12.6 Å². The maximum atomic E-state index is 6.25. The predicted molar refractivity (Wildman–Crippen MR) is 72.3 cm³/mol. The lowest BCUT2D eigenvalue weighted by atomic mass is 10.0. The molecule has 1 aromatic carbocycles. The van der Waals surface area contributed by atoms with Gasteiger partial charge in [0, 0.05) is 11.1 Å². The molecule has 1 aromatic rings. The molecule has 92 valence electrons. The lowest BCUT2D eigenvalue weighted by Gasteiger charge is -2.32. The van der Waals surface area contributed by atoms with Gasteiger partial charge >= 0.3 is 0 Å². The number of nitrogens with two attached hydrogens (primary N) is 1. The van der Waals surface area contributed by atoms with E-state index < -0.39 is 0 Å². The summed E-state index contributed by atoms with van der Waals surface area (Å²) in [5.41, 5.74) is 7.08. The monoisotopic (exact) mass is 251 g/mol. The molecule has 3 nitrogen and oxygen atoms in total. The Kier molecular flexibility index (Phi) is 3.57. The van der Waals surface area contributed by atoms with Gasteiger partial charge in [-0.25, -0.2) is 0 Å². The van der Waals surface area contributed by atoms with Crippen molar-refractivity contribution < 1.29 is 0 Å². The highest BCUT2D eigenvalue weighted by molar-refractivity contribution is 6.31. The van der Waals surface area contributed by atoms with Crippen molar-refractivity contribution in [2.45, 2.75) is 32.4 Å². The first-order valence-corrected chi connectivity index (χ1v) is 6.35. The first-order chi connectivity index (χ1) is 8.15. The minimum Gasteiger partial charge on any atom is -0.370 e. The highest BCUT2D eigenvalue weighted by Gasteiger charge is 2.31. The normalized spacial score (nSPS) is 21.5. The Labute approximate surface area is 107 Å². The van der Waals surface area contributed by atoms with E-state index in [9.17, 15) is 0 Å². The van der Waals surface area contributed by atoms with Crippen LogP contribution in [0.15, 0.2) is 29.3 Å². The van der Waals surface area contributed by atoms with Crippen molar-refractivity contribution in [1.29, 1.82) is 0 Å². The SMILES string of the molecule is CCC(C)N1C(N)=NCC1c1ccccc1Cl. The molecule has 2 rings (SSSR count). The van der Waals surface area contributed by atoms with Gasteiger partial charge in [-0.1, -0.05) is 36.7 Å². The van der Waals surface area contributed by atoms with E-state index in [4.69, 9.17) is 17.3 Å². The minimum absolute atomic E-state index is 0.179. The molecule has 2 N–H and O–H groups in total. The third kappa shape index (κ3) is 2.25. The molecule has 4 heteroatoms. The molecular weight excluding hydrogens is 234 g/mol. The molecular formula is C13H18ClN3. The van der Waals surface area contributed by atoms with Gasteiger partial charge in [0.1, 0.15) is 0 Å².